The van der Waals surface area contributed by atoms with Crippen molar-refractivity contribution in [2.45, 2.75) is 51.9 Å². The predicted octanol–water partition coefficient (Wildman–Crippen LogP) is 5.44. The van der Waals surface area contributed by atoms with E-state index in [2.05, 4.69) is 6.07 Å². The van der Waals surface area contributed by atoms with Crippen LogP contribution in [0.1, 0.15) is 47.0 Å². The predicted molar refractivity (Wildman–Crippen MR) is 107 cm³/mol. The molecule has 0 heterocycles. The summed E-state index contributed by atoms with van der Waals surface area (Å²) in [7, 11) is 5.33. The number of carbonyl (C=O) groups is 2. The van der Waals surface area contributed by atoms with E-state index in [0.717, 1.165) is 29.2 Å². The third-order valence-electron chi connectivity index (χ3n) is 3.74. The van der Waals surface area contributed by atoms with E-state index in [-0.39, 0.29) is 17.7 Å². The molecular formula is C19H29NO2S2. The van der Waals surface area contributed by atoms with Crippen molar-refractivity contribution in [2.75, 3.05) is 17.7 Å². The number of anilines is 1. The Hall–Kier alpha value is -0.940. The Morgan fingerprint density at radius 1 is 1.04 bits per heavy atom. The van der Waals surface area contributed by atoms with Crippen LogP contribution < -0.4 is 4.90 Å². The Balaban J connectivity index is 2.46. The maximum absolute atomic E-state index is 12.2. The summed E-state index contributed by atoms with van der Waals surface area (Å²) in [5, 5.41) is 0. The van der Waals surface area contributed by atoms with Gasteiger partial charge in [-0.15, -0.1) is 0 Å². The van der Waals surface area contributed by atoms with Crippen molar-refractivity contribution in [3.63, 3.8) is 0 Å². The summed E-state index contributed by atoms with van der Waals surface area (Å²) in [5.41, 5.74) is 0.962. The zero-order valence-corrected chi connectivity index (χ0v) is 17.0. The van der Waals surface area contributed by atoms with Gasteiger partial charge in [-0.1, -0.05) is 61.4 Å². The normalized spacial score (nSPS) is 11.1. The molecule has 0 aliphatic heterocycles. The van der Waals surface area contributed by atoms with Crippen LogP contribution in [-0.4, -0.2) is 24.5 Å². The van der Waals surface area contributed by atoms with E-state index < -0.39 is 0 Å². The third kappa shape index (κ3) is 6.89. The molecule has 1 amide bonds. The van der Waals surface area contributed by atoms with Gasteiger partial charge in [0.05, 0.1) is 5.69 Å². The van der Waals surface area contributed by atoms with E-state index in [1.54, 1.807) is 26.5 Å². The van der Waals surface area contributed by atoms with Gasteiger partial charge in [0.2, 0.25) is 5.91 Å². The summed E-state index contributed by atoms with van der Waals surface area (Å²) in [6.45, 7) is 7.75. The highest BCUT2D eigenvalue weighted by Gasteiger charge is 2.17. The quantitative estimate of drug-likeness (QED) is 0.407. The van der Waals surface area contributed by atoms with Crippen molar-refractivity contribution in [3.8, 4) is 0 Å². The van der Waals surface area contributed by atoms with Crippen LogP contribution in [-0.2, 0) is 9.59 Å². The van der Waals surface area contributed by atoms with Crippen molar-refractivity contribution in [1.29, 1.82) is 0 Å². The number of benzene rings is 1. The lowest BCUT2D eigenvalue weighted by molar-refractivity contribution is -0.122. The first-order valence-corrected chi connectivity index (χ1v) is 10.8. The molecule has 0 radical (unpaired) electrons. The second-order valence-electron chi connectivity index (χ2n) is 6.50. The minimum Gasteiger partial charge on any atom is -0.314 e. The summed E-state index contributed by atoms with van der Waals surface area (Å²) < 4.78 is 0. The number of para-hydroxylation sites is 1. The van der Waals surface area contributed by atoms with E-state index in [1.165, 1.54) is 0 Å². The molecular weight excluding hydrogens is 338 g/mol. The molecule has 1 aromatic rings. The Morgan fingerprint density at radius 3 is 2.33 bits per heavy atom. The first-order valence-electron chi connectivity index (χ1n) is 8.53. The Labute approximate surface area is 154 Å². The number of rotatable bonds is 10. The first-order chi connectivity index (χ1) is 11.3. The van der Waals surface area contributed by atoms with E-state index in [0.29, 0.717) is 12.2 Å². The third-order valence-corrected chi connectivity index (χ3v) is 6.23. The highest BCUT2D eigenvalue weighted by atomic mass is 33.1. The van der Waals surface area contributed by atoms with Crippen LogP contribution in [0.5, 0.6) is 0 Å². The molecule has 0 atom stereocenters. The number of ketones is 1. The van der Waals surface area contributed by atoms with Gasteiger partial charge in [0.15, 0.2) is 0 Å². The highest BCUT2D eigenvalue weighted by Crippen LogP contribution is 2.38. The molecule has 0 saturated heterocycles. The van der Waals surface area contributed by atoms with Crippen molar-refractivity contribution in [3.05, 3.63) is 24.3 Å². The second kappa shape index (κ2) is 10.8. The standard InChI is InChI=1S/C19H29NO2S2/c1-14(2)17(21)11-8-9-13-23-24-18-12-7-6-10-16(18)20(5)19(22)15(3)4/h6-7,10,12,14-15H,8-9,11,13H2,1-5H3. The zero-order chi connectivity index (χ0) is 18.1. The van der Waals surface area contributed by atoms with E-state index in [1.807, 2.05) is 52.9 Å². The average Bonchev–Trinajstić information content (AvgIpc) is 2.56. The molecule has 3 nitrogen and oxygen atoms in total. The molecule has 0 aromatic heterocycles. The minimum atomic E-state index is -0.0146. The van der Waals surface area contributed by atoms with Crippen LogP contribution in [0.2, 0.25) is 0 Å². The van der Waals surface area contributed by atoms with Gasteiger partial charge in [0, 0.05) is 36.0 Å². The SMILES string of the molecule is CC(C)C(=O)CCCCSSc1ccccc1N(C)C(=O)C(C)C. The largest absolute Gasteiger partial charge is 0.314 e. The smallest absolute Gasteiger partial charge is 0.229 e. The maximum atomic E-state index is 12.2. The molecule has 24 heavy (non-hydrogen) atoms. The van der Waals surface area contributed by atoms with Crippen LogP contribution in [0.3, 0.4) is 0 Å². The molecule has 0 unspecified atom stereocenters. The van der Waals surface area contributed by atoms with Gasteiger partial charge in [-0.25, -0.2) is 0 Å². The highest BCUT2D eigenvalue weighted by molar-refractivity contribution is 8.76. The van der Waals surface area contributed by atoms with Crippen LogP contribution in [0.15, 0.2) is 29.2 Å². The lowest BCUT2D eigenvalue weighted by Crippen LogP contribution is -2.30. The van der Waals surface area contributed by atoms with Crippen LogP contribution in [0.4, 0.5) is 5.69 Å². The van der Waals surface area contributed by atoms with Gasteiger partial charge < -0.3 is 4.90 Å². The Kier molecular flexibility index (Phi) is 9.52. The van der Waals surface area contributed by atoms with Crippen molar-refractivity contribution in [2.24, 2.45) is 11.8 Å². The average molecular weight is 368 g/mol. The molecule has 0 N–H and O–H groups in total. The number of unbranched alkanes of at least 4 members (excludes halogenated alkanes) is 1. The number of hydrogen-bond acceptors (Lipinski definition) is 4. The fraction of sp³-hybridized carbons (Fsp3) is 0.579. The molecule has 1 aromatic carbocycles. The molecule has 0 aliphatic rings. The summed E-state index contributed by atoms with van der Waals surface area (Å²) in [6, 6.07) is 8.01. The van der Waals surface area contributed by atoms with E-state index in [4.69, 9.17) is 0 Å². The van der Waals surface area contributed by atoms with Crippen molar-refractivity contribution < 1.29 is 9.59 Å². The summed E-state index contributed by atoms with van der Waals surface area (Å²) >= 11 is 0. The van der Waals surface area contributed by atoms with Crippen LogP contribution in [0.25, 0.3) is 0 Å². The summed E-state index contributed by atoms with van der Waals surface area (Å²) in [4.78, 5) is 26.6. The number of Topliss-reactive ketones (excluding diaryl/α,β-unsaturated/α-hetero) is 1. The van der Waals surface area contributed by atoms with Crippen molar-refractivity contribution in [1.82, 2.24) is 0 Å². The molecule has 0 saturated carbocycles. The van der Waals surface area contributed by atoms with E-state index in [9.17, 15) is 9.59 Å². The molecule has 0 aliphatic carbocycles. The molecule has 0 fully saturated rings. The summed E-state index contributed by atoms with van der Waals surface area (Å²) in [5.74, 6) is 1.62. The van der Waals surface area contributed by atoms with Gasteiger partial charge in [-0.3, -0.25) is 9.59 Å². The molecule has 5 heteroatoms. The van der Waals surface area contributed by atoms with E-state index >= 15 is 0 Å². The number of carbonyl (C=O) groups excluding carboxylic acids is 2. The Bertz CT molecular complexity index is 544. The lowest BCUT2D eigenvalue weighted by Gasteiger charge is -2.22. The first kappa shape index (κ1) is 21.1. The fourth-order valence-electron chi connectivity index (χ4n) is 2.16. The van der Waals surface area contributed by atoms with Gasteiger partial charge in [-0.2, -0.15) is 0 Å². The minimum absolute atomic E-state index is 0.0146. The maximum Gasteiger partial charge on any atom is 0.229 e. The zero-order valence-electron chi connectivity index (χ0n) is 15.4. The van der Waals surface area contributed by atoms with Crippen LogP contribution >= 0.6 is 21.6 Å². The van der Waals surface area contributed by atoms with Crippen LogP contribution in [0, 0.1) is 11.8 Å². The number of amides is 1. The van der Waals surface area contributed by atoms with Crippen molar-refractivity contribution >= 4 is 39.0 Å². The second-order valence-corrected chi connectivity index (χ2v) is 8.96. The number of nitrogens with zero attached hydrogens (tertiary/aromatic N) is 1. The number of hydrogen-bond donors (Lipinski definition) is 0. The molecule has 134 valence electrons. The fourth-order valence-corrected chi connectivity index (χ4v) is 4.53. The van der Waals surface area contributed by atoms with Gasteiger partial charge >= 0.3 is 0 Å². The van der Waals surface area contributed by atoms with Gasteiger partial charge in [0.1, 0.15) is 5.78 Å². The molecule has 0 spiro atoms. The lowest BCUT2D eigenvalue weighted by atomic mass is 10.0. The Morgan fingerprint density at radius 2 is 1.71 bits per heavy atom. The summed E-state index contributed by atoms with van der Waals surface area (Å²) in [6.07, 6.45) is 2.68. The monoisotopic (exact) mass is 367 g/mol. The van der Waals surface area contributed by atoms with Gasteiger partial charge in [-0.05, 0) is 25.0 Å². The van der Waals surface area contributed by atoms with Gasteiger partial charge in [0.25, 0.3) is 0 Å². The topological polar surface area (TPSA) is 37.4 Å². The molecule has 0 bridgehead atoms. The molecule has 1 rings (SSSR count).